The summed E-state index contributed by atoms with van der Waals surface area (Å²) in [4.78, 5) is 11.1. The monoisotopic (exact) mass is 212 g/mol. The molecule has 1 heterocycles. The Morgan fingerprint density at radius 1 is 1.60 bits per heavy atom. The molecule has 1 atom stereocenters. The van der Waals surface area contributed by atoms with Gasteiger partial charge in [0, 0.05) is 0 Å². The highest BCUT2D eigenvalue weighted by Crippen LogP contribution is 2.07. The topological polar surface area (TPSA) is 56.0 Å². The molecule has 0 aromatic carbocycles. The van der Waals surface area contributed by atoms with Gasteiger partial charge >= 0.3 is 5.97 Å². The minimum atomic E-state index is -0.426. The predicted octanol–water partition coefficient (Wildman–Crippen LogP) is 0.928. The van der Waals surface area contributed by atoms with E-state index >= 15 is 0 Å². The fourth-order valence-corrected chi connectivity index (χ4v) is 1.18. The minimum absolute atomic E-state index is 0.269. The largest absolute Gasteiger partial charge is 0.463 e. The third kappa shape index (κ3) is 3.40. The van der Waals surface area contributed by atoms with E-state index in [0.29, 0.717) is 6.04 Å². The summed E-state index contributed by atoms with van der Waals surface area (Å²) in [6, 6.07) is 4.02. The van der Waals surface area contributed by atoms with E-state index in [4.69, 9.17) is 4.42 Å². The minimum Gasteiger partial charge on any atom is -0.463 e. The molecule has 0 saturated heterocycles. The van der Waals surface area contributed by atoms with Gasteiger partial charge in [-0.05, 0) is 25.5 Å². The number of carbonyl (C=O) groups excluding carboxylic acids is 1. The van der Waals surface area contributed by atoms with E-state index < -0.39 is 5.97 Å². The van der Waals surface area contributed by atoms with Crippen molar-refractivity contribution in [1.82, 2.24) is 0 Å². The SMILES string of the molecule is CCC(C)[NH2+]Cc1ccc(C(=O)OC)o1. The highest BCUT2D eigenvalue weighted by molar-refractivity contribution is 5.86. The van der Waals surface area contributed by atoms with Gasteiger partial charge in [0.25, 0.3) is 0 Å². The summed E-state index contributed by atoms with van der Waals surface area (Å²) >= 11 is 0. The van der Waals surface area contributed by atoms with Crippen molar-refractivity contribution in [3.63, 3.8) is 0 Å². The molecule has 0 aliphatic carbocycles. The summed E-state index contributed by atoms with van der Waals surface area (Å²) in [5, 5.41) is 2.18. The van der Waals surface area contributed by atoms with Crippen molar-refractivity contribution >= 4 is 5.97 Å². The Balaban J connectivity index is 2.49. The highest BCUT2D eigenvalue weighted by Gasteiger charge is 2.12. The number of methoxy groups -OCH3 is 1. The fraction of sp³-hybridized carbons (Fsp3) is 0.545. The van der Waals surface area contributed by atoms with Crippen molar-refractivity contribution in [3.8, 4) is 0 Å². The summed E-state index contributed by atoms with van der Waals surface area (Å²) in [7, 11) is 1.34. The molecule has 4 nitrogen and oxygen atoms in total. The molecular formula is C11H18NO3+. The molecule has 15 heavy (non-hydrogen) atoms. The van der Waals surface area contributed by atoms with Gasteiger partial charge in [0.15, 0.2) is 5.76 Å². The summed E-state index contributed by atoms with van der Waals surface area (Å²) in [5.41, 5.74) is 0. The molecule has 4 heteroatoms. The molecule has 1 rings (SSSR count). The molecule has 84 valence electrons. The van der Waals surface area contributed by atoms with E-state index in [9.17, 15) is 4.79 Å². The molecule has 0 bridgehead atoms. The maximum atomic E-state index is 11.1. The van der Waals surface area contributed by atoms with Gasteiger partial charge in [-0.3, -0.25) is 0 Å². The van der Waals surface area contributed by atoms with Crippen molar-refractivity contribution in [2.24, 2.45) is 0 Å². The van der Waals surface area contributed by atoms with Gasteiger partial charge in [0.1, 0.15) is 6.54 Å². The lowest BCUT2D eigenvalue weighted by molar-refractivity contribution is -0.703. The molecule has 0 saturated carbocycles. The molecule has 0 fully saturated rings. The van der Waals surface area contributed by atoms with Crippen LogP contribution in [0.5, 0.6) is 0 Å². The molecule has 0 aliphatic rings. The van der Waals surface area contributed by atoms with Gasteiger partial charge in [-0.15, -0.1) is 0 Å². The van der Waals surface area contributed by atoms with Crippen LogP contribution in [0.4, 0.5) is 0 Å². The lowest BCUT2D eigenvalue weighted by atomic mass is 10.2. The second kappa shape index (κ2) is 5.56. The first-order valence-corrected chi connectivity index (χ1v) is 5.17. The molecule has 0 radical (unpaired) electrons. The molecule has 1 aromatic rings. The first kappa shape index (κ1) is 11.8. The third-order valence-corrected chi connectivity index (χ3v) is 2.41. The Bertz CT molecular complexity index is 319. The number of quaternary nitrogens is 1. The average molecular weight is 212 g/mol. The Hall–Kier alpha value is -1.29. The van der Waals surface area contributed by atoms with Crippen LogP contribution in [-0.2, 0) is 11.3 Å². The maximum absolute atomic E-state index is 11.1. The van der Waals surface area contributed by atoms with Gasteiger partial charge in [-0.25, -0.2) is 4.79 Å². The van der Waals surface area contributed by atoms with E-state index in [1.54, 1.807) is 6.07 Å². The number of hydrogen-bond acceptors (Lipinski definition) is 3. The van der Waals surface area contributed by atoms with E-state index in [0.717, 1.165) is 18.7 Å². The second-order valence-corrected chi connectivity index (χ2v) is 3.58. The summed E-state index contributed by atoms with van der Waals surface area (Å²) < 4.78 is 9.88. The van der Waals surface area contributed by atoms with Crippen LogP contribution < -0.4 is 5.32 Å². The number of nitrogens with two attached hydrogens (primary N) is 1. The smallest absolute Gasteiger partial charge is 0.373 e. The zero-order valence-corrected chi connectivity index (χ0v) is 9.45. The lowest BCUT2D eigenvalue weighted by Gasteiger charge is -2.05. The molecule has 0 aliphatic heterocycles. The molecular weight excluding hydrogens is 194 g/mol. The van der Waals surface area contributed by atoms with Gasteiger partial charge in [0.05, 0.1) is 13.2 Å². The number of ether oxygens (including phenoxy) is 1. The number of rotatable bonds is 5. The van der Waals surface area contributed by atoms with Gasteiger partial charge in [0.2, 0.25) is 5.76 Å². The molecule has 0 spiro atoms. The van der Waals surface area contributed by atoms with Crippen molar-refractivity contribution in [2.45, 2.75) is 32.9 Å². The van der Waals surface area contributed by atoms with E-state index in [-0.39, 0.29) is 5.76 Å². The van der Waals surface area contributed by atoms with Crippen molar-refractivity contribution in [2.75, 3.05) is 7.11 Å². The Labute approximate surface area is 89.6 Å². The number of esters is 1. The van der Waals surface area contributed by atoms with Gasteiger partial charge in [-0.2, -0.15) is 0 Å². The van der Waals surface area contributed by atoms with Crippen LogP contribution in [0.1, 0.15) is 36.6 Å². The van der Waals surface area contributed by atoms with E-state index in [2.05, 4.69) is 23.9 Å². The summed E-state index contributed by atoms with van der Waals surface area (Å²) in [6.07, 6.45) is 1.12. The lowest BCUT2D eigenvalue weighted by Crippen LogP contribution is -2.87. The first-order chi connectivity index (χ1) is 7.17. The number of furan rings is 1. The van der Waals surface area contributed by atoms with Gasteiger partial charge in [-0.1, -0.05) is 6.92 Å². The second-order valence-electron chi connectivity index (χ2n) is 3.58. The van der Waals surface area contributed by atoms with E-state index in [1.165, 1.54) is 7.11 Å². The summed E-state index contributed by atoms with van der Waals surface area (Å²) in [5.74, 6) is 0.644. The third-order valence-electron chi connectivity index (χ3n) is 2.41. The fourth-order valence-electron chi connectivity index (χ4n) is 1.18. The standard InChI is InChI=1S/C11H17NO3/c1-4-8(2)12-7-9-5-6-10(15-9)11(13)14-3/h5-6,8,12H,4,7H2,1-3H3/p+1. The molecule has 1 aromatic heterocycles. The van der Waals surface area contributed by atoms with Crippen LogP contribution in [-0.4, -0.2) is 19.1 Å². The molecule has 1 unspecified atom stereocenters. The Morgan fingerprint density at radius 3 is 2.93 bits per heavy atom. The molecule has 2 N–H and O–H groups in total. The zero-order valence-electron chi connectivity index (χ0n) is 9.45. The van der Waals surface area contributed by atoms with Crippen molar-refractivity contribution in [1.29, 1.82) is 0 Å². The quantitative estimate of drug-likeness (QED) is 0.739. The Kier molecular flexibility index (Phi) is 4.37. The van der Waals surface area contributed by atoms with Crippen molar-refractivity contribution in [3.05, 3.63) is 23.7 Å². The van der Waals surface area contributed by atoms with Crippen molar-refractivity contribution < 1.29 is 19.3 Å². The van der Waals surface area contributed by atoms with Crippen LogP contribution in [0, 0.1) is 0 Å². The molecule has 0 amide bonds. The van der Waals surface area contributed by atoms with Gasteiger partial charge < -0.3 is 14.5 Å². The van der Waals surface area contributed by atoms with Crippen LogP contribution >= 0.6 is 0 Å². The first-order valence-electron chi connectivity index (χ1n) is 5.17. The zero-order chi connectivity index (χ0) is 11.3. The number of hydrogen-bond donors (Lipinski definition) is 1. The maximum Gasteiger partial charge on any atom is 0.373 e. The van der Waals surface area contributed by atoms with Crippen LogP contribution in [0.2, 0.25) is 0 Å². The summed E-state index contributed by atoms with van der Waals surface area (Å²) in [6.45, 7) is 5.05. The highest BCUT2D eigenvalue weighted by atomic mass is 16.5. The number of carbonyl (C=O) groups is 1. The van der Waals surface area contributed by atoms with Crippen LogP contribution in [0.25, 0.3) is 0 Å². The predicted molar refractivity (Wildman–Crippen MR) is 55.4 cm³/mol. The average Bonchev–Trinajstić information content (AvgIpc) is 2.73. The van der Waals surface area contributed by atoms with E-state index in [1.807, 2.05) is 6.07 Å². The Morgan fingerprint density at radius 2 is 2.33 bits per heavy atom. The normalized spacial score (nSPS) is 12.5. The van der Waals surface area contributed by atoms with Crippen LogP contribution in [0.15, 0.2) is 16.5 Å². The van der Waals surface area contributed by atoms with Crippen LogP contribution in [0.3, 0.4) is 0 Å².